The van der Waals surface area contributed by atoms with E-state index < -0.39 is 23.4 Å². The number of carbonyl (C=O) groups is 3. The Bertz CT molecular complexity index is 1330. The minimum atomic E-state index is -1.09. The van der Waals surface area contributed by atoms with Gasteiger partial charge in [0.1, 0.15) is 6.04 Å². The number of benzene rings is 2. The number of nitrogens with one attached hydrogen (secondary N) is 1. The second-order valence-corrected chi connectivity index (χ2v) is 9.68. The molecule has 2 heterocycles. The largest absolute Gasteiger partial charge is 0.395 e. The second-order valence-electron chi connectivity index (χ2n) is 8.57. The highest BCUT2D eigenvalue weighted by Crippen LogP contribution is 2.29. The van der Waals surface area contributed by atoms with Gasteiger partial charge in [0.15, 0.2) is 5.78 Å². The number of nitrogens with zero attached hydrogens (tertiary/aromatic N) is 3. The van der Waals surface area contributed by atoms with Crippen molar-refractivity contribution in [3.63, 3.8) is 0 Å². The first-order chi connectivity index (χ1) is 17.9. The molecular formula is C28H27BrN4O4. The molecule has 8 nitrogen and oxygen atoms in total. The summed E-state index contributed by atoms with van der Waals surface area (Å²) in [4.78, 5) is 49.3. The molecule has 190 valence electrons. The summed E-state index contributed by atoms with van der Waals surface area (Å²) in [6.07, 6.45) is 2.24. The number of amides is 2. The summed E-state index contributed by atoms with van der Waals surface area (Å²) < 4.78 is 0. The van der Waals surface area contributed by atoms with Crippen molar-refractivity contribution in [1.82, 2.24) is 4.98 Å². The number of rotatable bonds is 9. The van der Waals surface area contributed by atoms with Crippen LogP contribution in [0.25, 0.3) is 0 Å². The molecule has 0 bridgehead atoms. The number of hydrogen-bond donors (Lipinski definition) is 2. The number of ketones is 1. The summed E-state index contributed by atoms with van der Waals surface area (Å²) in [5.41, 5.74) is 3.83. The van der Waals surface area contributed by atoms with E-state index in [4.69, 9.17) is 4.99 Å². The topological polar surface area (TPSA) is 112 Å². The van der Waals surface area contributed by atoms with E-state index in [-0.39, 0.29) is 24.7 Å². The Morgan fingerprint density at radius 3 is 2.62 bits per heavy atom. The third-order valence-electron chi connectivity index (χ3n) is 6.01. The van der Waals surface area contributed by atoms with Crippen LogP contribution in [0.4, 0.5) is 11.4 Å². The highest BCUT2D eigenvalue weighted by Gasteiger charge is 2.35. The number of aliphatic hydroxyl groups is 1. The number of aryl methyl sites for hydroxylation is 1. The Morgan fingerprint density at radius 1 is 1.11 bits per heavy atom. The van der Waals surface area contributed by atoms with Gasteiger partial charge in [-0.05, 0) is 42.3 Å². The molecule has 9 heteroatoms. The van der Waals surface area contributed by atoms with Crippen molar-refractivity contribution in [3.8, 4) is 0 Å². The van der Waals surface area contributed by atoms with Crippen molar-refractivity contribution in [2.75, 3.05) is 23.4 Å². The van der Waals surface area contributed by atoms with E-state index in [1.165, 1.54) is 4.90 Å². The van der Waals surface area contributed by atoms with Crippen molar-refractivity contribution in [2.24, 2.45) is 4.99 Å². The van der Waals surface area contributed by atoms with Crippen molar-refractivity contribution in [1.29, 1.82) is 0 Å². The predicted octanol–water partition coefficient (Wildman–Crippen LogP) is 3.55. The summed E-state index contributed by atoms with van der Waals surface area (Å²) >= 11 is 3.16. The second kappa shape index (κ2) is 12.0. The van der Waals surface area contributed by atoms with Gasteiger partial charge >= 0.3 is 0 Å². The molecule has 4 rings (SSSR count). The first-order valence-electron chi connectivity index (χ1n) is 12.0. The minimum Gasteiger partial charge on any atom is -0.395 e. The first-order valence-corrected chi connectivity index (χ1v) is 12.9. The maximum atomic E-state index is 13.8. The van der Waals surface area contributed by atoms with Crippen molar-refractivity contribution in [2.45, 2.75) is 30.6 Å². The Balaban J connectivity index is 1.73. The van der Waals surface area contributed by atoms with Crippen LogP contribution in [0, 0.1) is 0 Å². The molecule has 2 unspecified atom stereocenters. The molecule has 0 aliphatic carbocycles. The number of aromatic nitrogens is 1. The number of hydrogen-bond acceptors (Lipinski definition) is 6. The fourth-order valence-corrected chi connectivity index (χ4v) is 4.25. The molecule has 2 amide bonds. The van der Waals surface area contributed by atoms with Gasteiger partial charge in [-0.1, -0.05) is 59.3 Å². The molecular weight excluding hydrogens is 536 g/mol. The number of anilines is 2. The van der Waals surface area contributed by atoms with E-state index in [1.54, 1.807) is 36.5 Å². The number of para-hydroxylation sites is 1. The summed E-state index contributed by atoms with van der Waals surface area (Å²) in [6, 6.07) is 19.0. The molecule has 2 aromatic carbocycles. The number of halogens is 1. The van der Waals surface area contributed by atoms with Crippen LogP contribution < -0.4 is 10.2 Å². The third kappa shape index (κ3) is 6.18. The first kappa shape index (κ1) is 26.4. The van der Waals surface area contributed by atoms with Crippen LogP contribution in [0.15, 0.2) is 77.9 Å². The maximum Gasteiger partial charge on any atom is 0.252 e. The zero-order valence-electron chi connectivity index (χ0n) is 20.3. The SMILES string of the molecule is CCc1cccc(NC(=O)CC2N=C(c3ccccn3)c3ccccc3N(CC(=O)C(Br)CO)C2=O)c1. The smallest absolute Gasteiger partial charge is 0.252 e. The van der Waals surface area contributed by atoms with Crippen LogP contribution in [0.3, 0.4) is 0 Å². The molecule has 1 aromatic heterocycles. The molecule has 0 spiro atoms. The number of alkyl halides is 1. The normalized spacial score (nSPS) is 15.9. The van der Waals surface area contributed by atoms with Gasteiger partial charge in [0, 0.05) is 17.4 Å². The van der Waals surface area contributed by atoms with E-state index in [9.17, 15) is 19.5 Å². The van der Waals surface area contributed by atoms with Crippen LogP contribution in [-0.2, 0) is 20.8 Å². The third-order valence-corrected chi connectivity index (χ3v) is 6.82. The molecule has 3 aromatic rings. The maximum absolute atomic E-state index is 13.8. The van der Waals surface area contributed by atoms with Crippen LogP contribution in [0.5, 0.6) is 0 Å². The number of benzodiazepines with no additional fused rings is 1. The fourth-order valence-electron chi connectivity index (χ4n) is 4.10. The van der Waals surface area contributed by atoms with Gasteiger partial charge in [-0.3, -0.25) is 24.4 Å². The number of Topliss-reactive ketones (excluding diaryl/α,β-unsaturated/α-hetero) is 1. The Hall–Kier alpha value is -3.69. The average molecular weight is 563 g/mol. The van der Waals surface area contributed by atoms with Crippen LogP contribution >= 0.6 is 15.9 Å². The lowest BCUT2D eigenvalue weighted by molar-refractivity contribution is -0.125. The lowest BCUT2D eigenvalue weighted by Gasteiger charge is -2.25. The zero-order chi connectivity index (χ0) is 26.4. The summed E-state index contributed by atoms with van der Waals surface area (Å²) in [7, 11) is 0. The Labute approximate surface area is 223 Å². The van der Waals surface area contributed by atoms with Crippen LogP contribution in [0.2, 0.25) is 0 Å². The molecule has 2 N–H and O–H groups in total. The number of aliphatic hydroxyl groups excluding tert-OH is 1. The van der Waals surface area contributed by atoms with E-state index >= 15 is 0 Å². The summed E-state index contributed by atoms with van der Waals surface area (Å²) in [5.74, 6) is -1.23. The van der Waals surface area contributed by atoms with E-state index in [2.05, 4.69) is 26.2 Å². The van der Waals surface area contributed by atoms with E-state index in [0.717, 1.165) is 12.0 Å². The quantitative estimate of drug-likeness (QED) is 0.387. The zero-order valence-corrected chi connectivity index (χ0v) is 21.9. The minimum absolute atomic E-state index is 0.220. The van der Waals surface area contributed by atoms with Crippen LogP contribution in [-0.4, -0.2) is 57.4 Å². The number of aliphatic imine (C=N–C) groups is 1. The molecule has 1 aliphatic heterocycles. The van der Waals surface area contributed by atoms with Gasteiger partial charge in [-0.2, -0.15) is 0 Å². The van der Waals surface area contributed by atoms with Crippen molar-refractivity contribution in [3.05, 3.63) is 89.7 Å². The molecule has 0 radical (unpaired) electrons. The Morgan fingerprint density at radius 2 is 1.89 bits per heavy atom. The van der Waals surface area contributed by atoms with Gasteiger partial charge in [0.05, 0.1) is 41.5 Å². The standard InChI is InChI=1S/C28H27BrN4O4/c1-2-18-8-7-9-19(14-18)31-26(36)15-23-28(37)33(16-25(35)21(29)17-34)24-12-4-3-10-20(24)27(32-23)22-11-5-6-13-30-22/h3-14,21,23,34H,2,15-17H2,1H3,(H,31,36). The van der Waals surface area contributed by atoms with E-state index in [1.807, 2.05) is 43.3 Å². The number of pyridine rings is 1. The lowest BCUT2D eigenvalue weighted by Crippen LogP contribution is -2.44. The monoisotopic (exact) mass is 562 g/mol. The number of fused-ring (bicyclic) bond motifs is 1. The summed E-state index contributed by atoms with van der Waals surface area (Å²) in [6.45, 7) is 1.34. The van der Waals surface area contributed by atoms with Gasteiger partial charge in [0.25, 0.3) is 5.91 Å². The van der Waals surface area contributed by atoms with Crippen molar-refractivity contribution >= 4 is 50.6 Å². The molecule has 0 fully saturated rings. The molecule has 1 aliphatic rings. The van der Waals surface area contributed by atoms with Crippen LogP contribution in [0.1, 0.15) is 30.2 Å². The van der Waals surface area contributed by atoms with Gasteiger partial charge < -0.3 is 15.3 Å². The summed E-state index contributed by atoms with van der Waals surface area (Å²) in [5, 5.41) is 12.3. The van der Waals surface area contributed by atoms with Crippen molar-refractivity contribution < 1.29 is 19.5 Å². The highest BCUT2D eigenvalue weighted by atomic mass is 79.9. The van der Waals surface area contributed by atoms with Gasteiger partial charge in [0.2, 0.25) is 5.91 Å². The predicted molar refractivity (Wildman–Crippen MR) is 146 cm³/mol. The van der Waals surface area contributed by atoms with Gasteiger partial charge in [-0.15, -0.1) is 0 Å². The molecule has 0 saturated heterocycles. The number of carbonyl (C=O) groups excluding carboxylic acids is 3. The molecule has 37 heavy (non-hydrogen) atoms. The average Bonchev–Trinajstić information content (AvgIpc) is 3.03. The van der Waals surface area contributed by atoms with Gasteiger partial charge in [-0.25, -0.2) is 0 Å². The van der Waals surface area contributed by atoms with E-state index in [0.29, 0.717) is 28.3 Å². The fraction of sp³-hybridized carbons (Fsp3) is 0.250. The molecule has 2 atom stereocenters. The lowest BCUT2D eigenvalue weighted by atomic mass is 10.0. The molecule has 0 saturated carbocycles. The highest BCUT2D eigenvalue weighted by molar-refractivity contribution is 9.10. The Kier molecular flexibility index (Phi) is 8.58.